The van der Waals surface area contributed by atoms with E-state index in [2.05, 4.69) is 10.6 Å². The Hall–Kier alpha value is -1.68. The number of carbonyl (C=O) groups excluding carboxylic acids is 2. The Morgan fingerprint density at radius 1 is 1.36 bits per heavy atom. The maximum absolute atomic E-state index is 12.4. The number of nitrogens with two attached hydrogens (primary N) is 1. The lowest BCUT2D eigenvalue weighted by molar-refractivity contribution is -0.126. The minimum absolute atomic E-state index is 0. The molecule has 3 rings (SSSR count). The van der Waals surface area contributed by atoms with Crippen LogP contribution in [0.5, 0.6) is 0 Å². The molecule has 2 fully saturated rings. The maximum Gasteiger partial charge on any atom is 0.238 e. The normalized spacial score (nSPS) is 22.6. The highest BCUT2D eigenvalue weighted by molar-refractivity contribution is 7.89. The molecule has 28 heavy (non-hydrogen) atoms. The minimum atomic E-state index is -3.85. The summed E-state index contributed by atoms with van der Waals surface area (Å²) >= 11 is 0. The average molecular weight is 431 g/mol. The van der Waals surface area contributed by atoms with Gasteiger partial charge in [-0.05, 0) is 56.5 Å². The highest BCUT2D eigenvalue weighted by atomic mass is 35.5. The summed E-state index contributed by atoms with van der Waals surface area (Å²) in [6.07, 6.45) is 3.40. The molecule has 4 N–H and O–H groups in total. The van der Waals surface area contributed by atoms with Crippen molar-refractivity contribution in [2.45, 2.75) is 30.6 Å². The lowest BCUT2D eigenvalue weighted by atomic mass is 9.96. The van der Waals surface area contributed by atoms with E-state index in [1.807, 2.05) is 0 Å². The zero-order valence-corrected chi connectivity index (χ0v) is 17.2. The van der Waals surface area contributed by atoms with Crippen LogP contribution in [0, 0.1) is 11.8 Å². The van der Waals surface area contributed by atoms with Crippen LogP contribution in [-0.2, 0) is 19.6 Å². The van der Waals surface area contributed by atoms with E-state index < -0.39 is 15.9 Å². The predicted octanol–water partition coefficient (Wildman–Crippen LogP) is 0.615. The summed E-state index contributed by atoms with van der Waals surface area (Å²) in [7, 11) is -3.85. The number of primary sulfonamides is 1. The zero-order chi connectivity index (χ0) is 19.4. The van der Waals surface area contributed by atoms with Crippen molar-refractivity contribution in [3.63, 3.8) is 0 Å². The minimum Gasteiger partial charge on any atom is -0.356 e. The van der Waals surface area contributed by atoms with Gasteiger partial charge in [-0.25, -0.2) is 13.6 Å². The number of hydrogen-bond donors (Lipinski definition) is 3. The second-order valence-electron chi connectivity index (χ2n) is 7.24. The average Bonchev–Trinajstić information content (AvgIpc) is 3.04. The smallest absolute Gasteiger partial charge is 0.238 e. The molecule has 2 aliphatic rings. The third kappa shape index (κ3) is 5.66. The van der Waals surface area contributed by atoms with Crippen LogP contribution in [0.1, 0.15) is 25.7 Å². The van der Waals surface area contributed by atoms with Gasteiger partial charge in [-0.2, -0.15) is 0 Å². The van der Waals surface area contributed by atoms with Gasteiger partial charge in [-0.1, -0.05) is 6.07 Å². The fraction of sp³-hybridized carbons (Fsp3) is 0.556. The molecule has 0 saturated carbocycles. The molecule has 2 saturated heterocycles. The molecule has 0 aromatic heterocycles. The first kappa shape index (κ1) is 22.6. The van der Waals surface area contributed by atoms with Gasteiger partial charge in [-0.15, -0.1) is 12.4 Å². The van der Waals surface area contributed by atoms with Crippen molar-refractivity contribution in [3.8, 4) is 0 Å². The molecule has 0 spiro atoms. The Morgan fingerprint density at radius 2 is 2.14 bits per heavy atom. The van der Waals surface area contributed by atoms with E-state index in [1.165, 1.54) is 35.9 Å². The fourth-order valence-corrected chi connectivity index (χ4v) is 4.23. The van der Waals surface area contributed by atoms with Crippen molar-refractivity contribution in [1.29, 1.82) is 0 Å². The van der Waals surface area contributed by atoms with Crippen LogP contribution in [0.3, 0.4) is 0 Å². The molecule has 156 valence electrons. The van der Waals surface area contributed by atoms with Crippen LogP contribution in [0.4, 0.5) is 5.69 Å². The first-order valence-corrected chi connectivity index (χ1v) is 10.8. The summed E-state index contributed by atoms with van der Waals surface area (Å²) in [6.45, 7) is 2.90. The molecule has 1 aromatic carbocycles. The molecule has 2 heterocycles. The number of carbonyl (C=O) groups is 2. The number of hydrogen-bond acceptors (Lipinski definition) is 5. The van der Waals surface area contributed by atoms with Crippen molar-refractivity contribution >= 4 is 39.9 Å². The summed E-state index contributed by atoms with van der Waals surface area (Å²) in [5, 5.41) is 11.4. The van der Waals surface area contributed by atoms with Crippen LogP contribution in [-0.4, -0.2) is 46.4 Å². The molecular formula is C18H27ClN4O4S. The molecule has 0 radical (unpaired) electrons. The zero-order valence-electron chi connectivity index (χ0n) is 15.6. The van der Waals surface area contributed by atoms with Gasteiger partial charge in [0, 0.05) is 25.2 Å². The van der Waals surface area contributed by atoms with Gasteiger partial charge in [0.2, 0.25) is 21.8 Å². The topological polar surface area (TPSA) is 122 Å². The Labute approximate surface area is 171 Å². The number of nitrogens with one attached hydrogen (secondary N) is 2. The number of halogens is 1. The molecule has 2 atom stereocenters. The SMILES string of the molecule is Cl.NS(=O)(=O)c1cccc(N2CC(C(=O)NCCC3CCCNC3)CC2=O)c1. The van der Waals surface area contributed by atoms with E-state index in [1.54, 1.807) is 6.07 Å². The number of anilines is 1. The number of nitrogens with zero attached hydrogens (tertiary/aromatic N) is 1. The highest BCUT2D eigenvalue weighted by Gasteiger charge is 2.35. The number of benzene rings is 1. The predicted molar refractivity (Wildman–Crippen MR) is 109 cm³/mol. The standard InChI is InChI=1S/C18H26N4O4S.ClH/c19-27(25,26)16-5-1-4-15(10-16)22-12-14(9-17(22)23)18(24)21-8-6-13-3-2-7-20-11-13;/h1,4-5,10,13-14,20H,2-3,6-9,11-12H2,(H,21,24)(H2,19,25,26);1H. The van der Waals surface area contributed by atoms with Gasteiger partial charge in [0.05, 0.1) is 10.8 Å². The van der Waals surface area contributed by atoms with E-state index in [0.29, 0.717) is 18.2 Å². The first-order chi connectivity index (χ1) is 12.8. The monoisotopic (exact) mass is 430 g/mol. The Bertz CT molecular complexity index is 812. The van der Waals surface area contributed by atoms with Gasteiger partial charge in [0.25, 0.3) is 0 Å². The molecule has 0 bridgehead atoms. The molecular weight excluding hydrogens is 404 g/mol. The summed E-state index contributed by atoms with van der Waals surface area (Å²) in [4.78, 5) is 26.1. The summed E-state index contributed by atoms with van der Waals surface area (Å²) in [5.74, 6) is -0.169. The highest BCUT2D eigenvalue weighted by Crippen LogP contribution is 2.27. The van der Waals surface area contributed by atoms with Gasteiger partial charge in [0.15, 0.2) is 0 Å². The lowest BCUT2D eigenvalue weighted by Crippen LogP contribution is -2.36. The van der Waals surface area contributed by atoms with Crippen molar-refractivity contribution in [2.75, 3.05) is 31.1 Å². The number of sulfonamides is 1. The molecule has 2 unspecified atom stereocenters. The van der Waals surface area contributed by atoms with Gasteiger partial charge >= 0.3 is 0 Å². The quantitative estimate of drug-likeness (QED) is 0.610. The van der Waals surface area contributed by atoms with Crippen molar-refractivity contribution in [3.05, 3.63) is 24.3 Å². The van der Waals surface area contributed by atoms with Gasteiger partial charge < -0.3 is 15.5 Å². The van der Waals surface area contributed by atoms with E-state index >= 15 is 0 Å². The van der Waals surface area contributed by atoms with E-state index in [-0.39, 0.29) is 42.1 Å². The van der Waals surface area contributed by atoms with E-state index in [4.69, 9.17) is 5.14 Å². The molecule has 0 aliphatic carbocycles. The summed E-state index contributed by atoms with van der Waals surface area (Å²) < 4.78 is 23.0. The van der Waals surface area contributed by atoms with Crippen molar-refractivity contribution < 1.29 is 18.0 Å². The van der Waals surface area contributed by atoms with Crippen LogP contribution >= 0.6 is 12.4 Å². The van der Waals surface area contributed by atoms with Crippen molar-refractivity contribution in [1.82, 2.24) is 10.6 Å². The fourth-order valence-electron chi connectivity index (χ4n) is 3.68. The molecule has 2 aliphatic heterocycles. The first-order valence-electron chi connectivity index (χ1n) is 9.26. The molecule has 1 aromatic rings. The largest absolute Gasteiger partial charge is 0.356 e. The summed E-state index contributed by atoms with van der Waals surface area (Å²) in [5.41, 5.74) is 0.440. The Balaban J connectivity index is 0.00000280. The van der Waals surface area contributed by atoms with Crippen molar-refractivity contribution in [2.24, 2.45) is 17.0 Å². The number of rotatable bonds is 6. The third-order valence-corrected chi connectivity index (χ3v) is 6.12. The van der Waals surface area contributed by atoms with E-state index in [9.17, 15) is 18.0 Å². The number of piperidine rings is 1. The lowest BCUT2D eigenvalue weighted by Gasteiger charge is -2.23. The van der Waals surface area contributed by atoms with Gasteiger partial charge in [-0.3, -0.25) is 9.59 Å². The molecule has 2 amide bonds. The number of amides is 2. The van der Waals surface area contributed by atoms with Gasteiger partial charge in [0.1, 0.15) is 0 Å². The third-order valence-electron chi connectivity index (χ3n) is 5.20. The van der Waals surface area contributed by atoms with Crippen LogP contribution in [0.15, 0.2) is 29.2 Å². The summed E-state index contributed by atoms with van der Waals surface area (Å²) in [6, 6.07) is 5.92. The molecule has 8 nitrogen and oxygen atoms in total. The second kappa shape index (κ2) is 9.69. The molecule has 10 heteroatoms. The van der Waals surface area contributed by atoms with Crippen LogP contribution < -0.4 is 20.7 Å². The van der Waals surface area contributed by atoms with E-state index in [0.717, 1.165) is 19.5 Å². The maximum atomic E-state index is 12.4. The van der Waals surface area contributed by atoms with Crippen LogP contribution in [0.2, 0.25) is 0 Å². The Morgan fingerprint density at radius 3 is 2.82 bits per heavy atom. The van der Waals surface area contributed by atoms with Crippen LogP contribution in [0.25, 0.3) is 0 Å². The second-order valence-corrected chi connectivity index (χ2v) is 8.80. The Kier molecular flexibility index (Phi) is 7.82.